The molecular weight excluding hydrogens is 944 g/mol. The minimum Gasteiger partial charge on any atom is -0.451 e. The zero-order valence-electron chi connectivity index (χ0n) is 31.8. The number of nitrogens with zero attached hydrogens (tertiary/aromatic N) is 2. The Morgan fingerprint density at radius 1 is 0.745 bits per heavy atom. The molecule has 0 unspecified atom stereocenters. The van der Waals surface area contributed by atoms with Crippen molar-refractivity contribution in [2.75, 3.05) is 11.1 Å². The Morgan fingerprint density at radius 3 is 1.51 bits per heavy atom. The molecule has 4 aromatic rings. The molecule has 2 heterocycles. The number of hydrogen-bond acceptors (Lipinski definition) is 13. The van der Waals surface area contributed by atoms with E-state index in [1.54, 1.807) is 106 Å². The minimum absolute atomic E-state index is 0.0293. The first-order valence-corrected chi connectivity index (χ1v) is 22.8. The number of ether oxygens (including phenoxy) is 2. The summed E-state index contributed by atoms with van der Waals surface area (Å²) in [7, 11) is -7.55. The van der Waals surface area contributed by atoms with Crippen molar-refractivity contribution in [2.24, 2.45) is 0 Å². The Balaban J connectivity index is 0.000000331. The molecular formula is C34H45Br2ClN6O8S4. The third-order valence-corrected chi connectivity index (χ3v) is 12.5. The highest BCUT2D eigenvalue weighted by Gasteiger charge is 2.28. The summed E-state index contributed by atoms with van der Waals surface area (Å²) in [5, 5.41) is 3.72. The molecule has 2 aromatic carbocycles. The number of aromatic nitrogens is 2. The van der Waals surface area contributed by atoms with Gasteiger partial charge in [0.1, 0.15) is 10.0 Å². The third-order valence-electron chi connectivity index (χ3n) is 5.78. The number of anilines is 2. The van der Waals surface area contributed by atoms with E-state index >= 15 is 0 Å². The maximum atomic E-state index is 13.0. The SMILES string of the molecule is CC(C)(C)NS(=O)(=O)c1cc(N)ccc1-c1ncc(Br)s1.CC(C)OC(=O)Cl.CC(C)OC(=O)Nc1ccc(-c2ncc(Br)s2)c(S(=O)(=O)NC(C)(C)C)c1. The van der Waals surface area contributed by atoms with E-state index in [2.05, 4.69) is 61.3 Å². The van der Waals surface area contributed by atoms with Crippen LogP contribution >= 0.6 is 66.1 Å². The van der Waals surface area contributed by atoms with E-state index in [1.165, 1.54) is 34.8 Å². The summed E-state index contributed by atoms with van der Waals surface area (Å²) in [4.78, 5) is 30.3. The summed E-state index contributed by atoms with van der Waals surface area (Å²) in [6.07, 6.45) is 2.21. The summed E-state index contributed by atoms with van der Waals surface area (Å²) in [6.45, 7) is 17.6. The molecule has 14 nitrogen and oxygen atoms in total. The standard InChI is InChI=1S/C17H22BrN3O4S2.C13H16BrN3O2S2.C4H7ClO2/c1-10(2)25-16(22)20-11-6-7-12(15-19-9-14(18)26-15)13(8-11)27(23,24)21-17(3,4)5;1-13(2,3)17-21(18,19)10-6-8(15)4-5-9(10)12-16-7-11(14)20-12;1-3(2)7-4(5)6/h6-10,21H,1-5H3,(H,20,22);4-7,17H,15H2,1-3H3;3H,1-2H3. The number of hydrogen-bond donors (Lipinski definition) is 4. The highest BCUT2D eigenvalue weighted by molar-refractivity contribution is 9.11. The van der Waals surface area contributed by atoms with Crippen molar-refractivity contribution < 1.29 is 35.9 Å². The van der Waals surface area contributed by atoms with Gasteiger partial charge >= 0.3 is 11.5 Å². The van der Waals surface area contributed by atoms with Crippen LogP contribution < -0.4 is 20.5 Å². The summed E-state index contributed by atoms with van der Waals surface area (Å²) >= 11 is 14.2. The molecule has 0 radical (unpaired) electrons. The predicted octanol–water partition coefficient (Wildman–Crippen LogP) is 9.61. The van der Waals surface area contributed by atoms with Crippen molar-refractivity contribution >= 4 is 109 Å². The number of halogens is 3. The maximum Gasteiger partial charge on any atom is 0.411 e. The summed E-state index contributed by atoms with van der Waals surface area (Å²) in [5.74, 6) is 0. The summed E-state index contributed by atoms with van der Waals surface area (Å²) < 4.78 is 67.5. The van der Waals surface area contributed by atoms with Gasteiger partial charge in [0.15, 0.2) is 0 Å². The fourth-order valence-electron chi connectivity index (χ4n) is 4.16. The Bertz CT molecular complexity index is 2170. The molecule has 21 heteroatoms. The molecule has 0 spiro atoms. The van der Waals surface area contributed by atoms with Crippen molar-refractivity contribution in [1.29, 1.82) is 0 Å². The quantitative estimate of drug-likeness (QED) is 0.0917. The fourth-order valence-corrected chi connectivity index (χ4v) is 10.3. The van der Waals surface area contributed by atoms with Crippen LogP contribution in [0.25, 0.3) is 21.1 Å². The lowest BCUT2D eigenvalue weighted by Gasteiger charge is -2.21. The number of amides is 1. The van der Waals surface area contributed by atoms with Crippen LogP contribution in [0.15, 0.2) is 66.2 Å². The monoisotopic (exact) mass is 986 g/mol. The molecule has 4 rings (SSSR count). The number of carbonyl (C=O) groups excluding carboxylic acids is 2. The van der Waals surface area contributed by atoms with Gasteiger partial charge in [-0.25, -0.2) is 45.8 Å². The van der Waals surface area contributed by atoms with Gasteiger partial charge in [-0.3, -0.25) is 5.32 Å². The minimum atomic E-state index is -3.86. The highest BCUT2D eigenvalue weighted by atomic mass is 79.9. The van der Waals surface area contributed by atoms with Gasteiger partial charge < -0.3 is 15.2 Å². The Morgan fingerprint density at radius 2 is 1.16 bits per heavy atom. The predicted molar refractivity (Wildman–Crippen MR) is 228 cm³/mol. The molecule has 0 aliphatic rings. The zero-order chi connectivity index (χ0) is 42.1. The second kappa shape index (κ2) is 20.1. The van der Waals surface area contributed by atoms with Crippen molar-refractivity contribution in [3.63, 3.8) is 0 Å². The van der Waals surface area contributed by atoms with Gasteiger partial charge in [0.05, 0.1) is 42.0 Å². The largest absolute Gasteiger partial charge is 0.451 e. The van der Waals surface area contributed by atoms with Crippen LogP contribution in [0.2, 0.25) is 0 Å². The maximum absolute atomic E-state index is 13.0. The number of nitrogen functional groups attached to an aromatic ring is 1. The van der Waals surface area contributed by atoms with Crippen LogP contribution in [0, 0.1) is 0 Å². The lowest BCUT2D eigenvalue weighted by molar-refractivity contribution is 0.130. The van der Waals surface area contributed by atoms with Gasteiger partial charge in [-0.1, -0.05) is 0 Å². The lowest BCUT2D eigenvalue weighted by atomic mass is 10.1. The van der Waals surface area contributed by atoms with E-state index in [9.17, 15) is 26.4 Å². The van der Waals surface area contributed by atoms with Gasteiger partial charge in [0.2, 0.25) is 20.0 Å². The topological polar surface area (TPSA) is 209 Å². The van der Waals surface area contributed by atoms with E-state index in [1.807, 2.05) is 0 Å². The van der Waals surface area contributed by atoms with Crippen molar-refractivity contribution in [2.45, 2.75) is 102 Å². The molecule has 0 aliphatic heterocycles. The molecule has 0 aliphatic carbocycles. The molecule has 304 valence electrons. The van der Waals surface area contributed by atoms with Crippen LogP contribution in [-0.2, 0) is 29.5 Å². The van der Waals surface area contributed by atoms with Crippen LogP contribution in [0.4, 0.5) is 21.0 Å². The average Bonchev–Trinajstić information content (AvgIpc) is 3.62. The first kappa shape index (κ1) is 48.5. The number of benzene rings is 2. The van der Waals surface area contributed by atoms with Crippen LogP contribution in [0.3, 0.4) is 0 Å². The van der Waals surface area contributed by atoms with Crippen molar-refractivity contribution in [3.8, 4) is 21.1 Å². The number of carbonyl (C=O) groups is 2. The lowest BCUT2D eigenvalue weighted by Crippen LogP contribution is -2.40. The summed E-state index contributed by atoms with van der Waals surface area (Å²) in [6, 6.07) is 9.44. The van der Waals surface area contributed by atoms with Gasteiger partial charge in [-0.05, 0) is 137 Å². The van der Waals surface area contributed by atoms with Gasteiger partial charge in [0.25, 0.3) is 0 Å². The van der Waals surface area contributed by atoms with Crippen LogP contribution in [0.5, 0.6) is 0 Å². The molecule has 2 aromatic heterocycles. The number of nitrogens with one attached hydrogen (secondary N) is 3. The number of rotatable bonds is 9. The van der Waals surface area contributed by atoms with Crippen LogP contribution in [-0.4, -0.2) is 61.6 Å². The first-order chi connectivity index (χ1) is 25.1. The first-order valence-electron chi connectivity index (χ1n) is 16.3. The Kier molecular flexibility index (Phi) is 17.7. The van der Waals surface area contributed by atoms with Gasteiger partial charge in [-0.2, -0.15) is 0 Å². The zero-order valence-corrected chi connectivity index (χ0v) is 39.0. The Hall–Kier alpha value is -2.69. The third kappa shape index (κ3) is 17.1. The van der Waals surface area contributed by atoms with E-state index in [4.69, 9.17) is 22.1 Å². The molecule has 5 N–H and O–H groups in total. The van der Waals surface area contributed by atoms with Crippen LogP contribution in [0.1, 0.15) is 69.2 Å². The summed E-state index contributed by atoms with van der Waals surface area (Å²) in [5.41, 5.74) is 5.46. The molecule has 0 saturated heterocycles. The van der Waals surface area contributed by atoms with Crippen molar-refractivity contribution in [1.82, 2.24) is 19.4 Å². The fraction of sp³-hybridized carbons (Fsp3) is 0.412. The molecule has 1 amide bonds. The number of sulfonamides is 2. The smallest absolute Gasteiger partial charge is 0.411 e. The Labute approximate surface area is 352 Å². The molecule has 0 saturated carbocycles. The van der Waals surface area contributed by atoms with E-state index in [-0.39, 0.29) is 22.0 Å². The molecule has 0 fully saturated rings. The van der Waals surface area contributed by atoms with Gasteiger partial charge in [-0.15, -0.1) is 22.7 Å². The highest BCUT2D eigenvalue weighted by Crippen LogP contribution is 2.36. The van der Waals surface area contributed by atoms with Crippen molar-refractivity contribution in [3.05, 3.63) is 56.4 Å². The molecule has 0 atom stereocenters. The van der Waals surface area contributed by atoms with E-state index in [0.29, 0.717) is 32.5 Å². The number of thiazole rings is 2. The average molecular weight is 989 g/mol. The molecule has 55 heavy (non-hydrogen) atoms. The second-order valence-electron chi connectivity index (χ2n) is 14.1. The van der Waals surface area contributed by atoms with Gasteiger partial charge in [0, 0.05) is 45.2 Å². The second-order valence-corrected chi connectivity index (χ2v) is 22.5. The normalized spacial score (nSPS) is 12.0. The number of nitrogens with two attached hydrogens (primary N) is 1. The molecule has 0 bridgehead atoms. The van der Waals surface area contributed by atoms with E-state index in [0.717, 1.165) is 7.57 Å². The van der Waals surface area contributed by atoms with E-state index < -0.39 is 42.6 Å².